The van der Waals surface area contributed by atoms with Gasteiger partial charge in [-0.25, -0.2) is 13.2 Å². The van der Waals surface area contributed by atoms with Gasteiger partial charge in [0.1, 0.15) is 17.5 Å². The molecule has 1 saturated carbocycles. The first kappa shape index (κ1) is 20.1. The van der Waals surface area contributed by atoms with Gasteiger partial charge in [0.25, 0.3) is 5.56 Å². The molecule has 5 rings (SSSR count). The fraction of sp³-hybridized carbons (Fsp3) is 0.375. The summed E-state index contributed by atoms with van der Waals surface area (Å²) < 4.78 is 41.3. The van der Waals surface area contributed by atoms with Crippen LogP contribution in [0, 0.1) is 17.5 Å². The lowest BCUT2D eigenvalue weighted by atomic mass is 10.00. The zero-order valence-electron chi connectivity index (χ0n) is 17.1. The number of fused-ring (bicyclic) bond motifs is 1. The van der Waals surface area contributed by atoms with Crippen molar-refractivity contribution >= 4 is 16.5 Å². The highest BCUT2D eigenvalue weighted by Crippen LogP contribution is 2.37. The standard InChI is InChI=1S/C24H24F3N3O/c25-17-5-7-22(20(27)14-17)30-10-8-29(9-11-30)18-6-4-15(12-18)21-13-16-2-1-3-19(26)23(16)24(31)28-21/h1-3,5,7,13-15,18H,4,6,8-12H2,(H,28,31). The Hall–Kier alpha value is -2.80. The summed E-state index contributed by atoms with van der Waals surface area (Å²) in [5, 5.41) is 0.752. The van der Waals surface area contributed by atoms with Gasteiger partial charge in [0.2, 0.25) is 0 Å². The lowest BCUT2D eigenvalue weighted by molar-refractivity contribution is 0.186. The molecule has 1 aliphatic heterocycles. The highest BCUT2D eigenvalue weighted by molar-refractivity contribution is 5.82. The van der Waals surface area contributed by atoms with Crippen LogP contribution in [0.3, 0.4) is 0 Å². The smallest absolute Gasteiger partial charge is 0.259 e. The second-order valence-electron chi connectivity index (χ2n) is 8.54. The van der Waals surface area contributed by atoms with Crippen molar-refractivity contribution in [2.24, 2.45) is 0 Å². The van der Waals surface area contributed by atoms with Crippen molar-refractivity contribution < 1.29 is 13.2 Å². The maximum absolute atomic E-state index is 14.1. The van der Waals surface area contributed by atoms with Crippen LogP contribution >= 0.6 is 0 Å². The van der Waals surface area contributed by atoms with E-state index >= 15 is 0 Å². The Kier molecular flexibility index (Phi) is 5.22. The third kappa shape index (κ3) is 3.82. The van der Waals surface area contributed by atoms with Gasteiger partial charge in [-0.15, -0.1) is 0 Å². The maximum atomic E-state index is 14.1. The van der Waals surface area contributed by atoms with Crippen LogP contribution < -0.4 is 10.5 Å². The van der Waals surface area contributed by atoms with E-state index in [4.69, 9.17) is 0 Å². The predicted octanol–water partition coefficient (Wildman–Crippen LogP) is 4.40. The van der Waals surface area contributed by atoms with E-state index < -0.39 is 17.5 Å². The third-order valence-corrected chi connectivity index (χ3v) is 6.77. The molecule has 4 nitrogen and oxygen atoms in total. The van der Waals surface area contributed by atoms with Crippen LogP contribution in [-0.4, -0.2) is 42.1 Å². The Morgan fingerprint density at radius 3 is 2.48 bits per heavy atom. The van der Waals surface area contributed by atoms with E-state index in [-0.39, 0.29) is 16.9 Å². The molecule has 2 aromatic carbocycles. The van der Waals surface area contributed by atoms with Crippen LogP contribution in [0.25, 0.3) is 10.8 Å². The molecule has 1 N–H and O–H groups in total. The number of nitrogens with one attached hydrogen (secondary N) is 1. The molecule has 1 aromatic heterocycles. The topological polar surface area (TPSA) is 39.3 Å². The first-order valence-corrected chi connectivity index (χ1v) is 10.7. The van der Waals surface area contributed by atoms with Gasteiger partial charge in [-0.2, -0.15) is 0 Å². The molecule has 0 amide bonds. The molecule has 1 aliphatic carbocycles. The predicted molar refractivity (Wildman–Crippen MR) is 115 cm³/mol. The molecule has 0 bridgehead atoms. The van der Waals surface area contributed by atoms with E-state index in [1.165, 1.54) is 18.2 Å². The van der Waals surface area contributed by atoms with Gasteiger partial charge in [-0.1, -0.05) is 12.1 Å². The average molecular weight is 427 g/mol. The molecular formula is C24H24F3N3O. The zero-order valence-corrected chi connectivity index (χ0v) is 17.1. The molecule has 162 valence electrons. The van der Waals surface area contributed by atoms with Crippen LogP contribution in [0.2, 0.25) is 0 Å². The van der Waals surface area contributed by atoms with E-state index in [1.807, 2.05) is 11.0 Å². The monoisotopic (exact) mass is 427 g/mol. The molecule has 2 fully saturated rings. The molecule has 3 aromatic rings. The number of rotatable bonds is 3. The summed E-state index contributed by atoms with van der Waals surface area (Å²) in [5.74, 6) is -1.35. The minimum atomic E-state index is -0.564. The lowest BCUT2D eigenvalue weighted by Crippen LogP contribution is -2.50. The third-order valence-electron chi connectivity index (χ3n) is 6.77. The van der Waals surface area contributed by atoms with Crippen molar-refractivity contribution in [1.29, 1.82) is 0 Å². The van der Waals surface area contributed by atoms with Crippen LogP contribution in [0.15, 0.2) is 47.3 Å². The summed E-state index contributed by atoms with van der Waals surface area (Å²) >= 11 is 0. The Bertz CT molecular complexity index is 1170. The lowest BCUT2D eigenvalue weighted by Gasteiger charge is -2.39. The van der Waals surface area contributed by atoms with Crippen molar-refractivity contribution in [3.63, 3.8) is 0 Å². The zero-order chi connectivity index (χ0) is 21.5. The molecule has 2 unspecified atom stereocenters. The Labute approximate surface area is 178 Å². The number of H-pyrrole nitrogens is 1. The number of aromatic nitrogens is 1. The van der Waals surface area contributed by atoms with Crippen molar-refractivity contribution in [1.82, 2.24) is 9.88 Å². The number of pyridine rings is 1. The highest BCUT2D eigenvalue weighted by atomic mass is 19.1. The average Bonchev–Trinajstić information content (AvgIpc) is 3.24. The normalized spacial score (nSPS) is 22.4. The van der Waals surface area contributed by atoms with E-state index in [9.17, 15) is 18.0 Å². The second kappa shape index (κ2) is 8.04. The van der Waals surface area contributed by atoms with Crippen LogP contribution in [0.4, 0.5) is 18.9 Å². The van der Waals surface area contributed by atoms with Gasteiger partial charge in [0.05, 0.1) is 11.1 Å². The SMILES string of the molecule is O=c1[nH]c(C2CCC(N3CCN(c4ccc(F)cc4F)CC3)C2)cc2cccc(F)c12. The van der Waals surface area contributed by atoms with Crippen LogP contribution in [-0.2, 0) is 0 Å². The Morgan fingerprint density at radius 2 is 1.71 bits per heavy atom. The maximum Gasteiger partial charge on any atom is 0.259 e. The van der Waals surface area contributed by atoms with Gasteiger partial charge in [0, 0.05) is 49.9 Å². The van der Waals surface area contributed by atoms with Gasteiger partial charge in [0.15, 0.2) is 0 Å². The van der Waals surface area contributed by atoms with Gasteiger partial charge >= 0.3 is 0 Å². The summed E-state index contributed by atoms with van der Waals surface area (Å²) in [6.07, 6.45) is 2.93. The van der Waals surface area contributed by atoms with E-state index in [1.54, 1.807) is 12.1 Å². The number of nitrogens with zero attached hydrogens (tertiary/aromatic N) is 2. The molecule has 31 heavy (non-hydrogen) atoms. The summed E-state index contributed by atoms with van der Waals surface area (Å²) in [7, 11) is 0. The molecule has 2 atom stereocenters. The number of halogens is 3. The largest absolute Gasteiger partial charge is 0.367 e. The van der Waals surface area contributed by atoms with Crippen molar-refractivity contribution in [2.45, 2.75) is 31.2 Å². The minimum absolute atomic E-state index is 0.116. The molecule has 0 radical (unpaired) electrons. The second-order valence-corrected chi connectivity index (χ2v) is 8.54. The summed E-state index contributed by atoms with van der Waals surface area (Å²) in [4.78, 5) is 19.7. The van der Waals surface area contributed by atoms with Crippen molar-refractivity contribution in [3.05, 3.63) is 76.0 Å². The first-order valence-electron chi connectivity index (χ1n) is 10.7. The van der Waals surface area contributed by atoms with Crippen molar-refractivity contribution in [2.75, 3.05) is 31.1 Å². The first-order chi connectivity index (χ1) is 15.0. The van der Waals surface area contributed by atoms with E-state index in [2.05, 4.69) is 9.88 Å². The van der Waals surface area contributed by atoms with Crippen LogP contribution in [0.5, 0.6) is 0 Å². The summed E-state index contributed by atoms with van der Waals surface area (Å²) in [6.45, 7) is 3.01. The Morgan fingerprint density at radius 1 is 0.903 bits per heavy atom. The molecule has 0 spiro atoms. The van der Waals surface area contributed by atoms with Gasteiger partial charge < -0.3 is 9.88 Å². The summed E-state index contributed by atoms with van der Waals surface area (Å²) in [6, 6.07) is 10.7. The molecule has 1 saturated heterocycles. The highest BCUT2D eigenvalue weighted by Gasteiger charge is 2.33. The number of hydrogen-bond acceptors (Lipinski definition) is 3. The van der Waals surface area contributed by atoms with E-state index in [0.717, 1.165) is 44.1 Å². The number of anilines is 1. The minimum Gasteiger partial charge on any atom is -0.367 e. The Balaban J connectivity index is 1.26. The van der Waals surface area contributed by atoms with Crippen LogP contribution in [0.1, 0.15) is 30.9 Å². The van der Waals surface area contributed by atoms with Gasteiger partial charge in [-0.3, -0.25) is 9.69 Å². The number of aromatic amines is 1. The molecule has 7 heteroatoms. The fourth-order valence-electron chi connectivity index (χ4n) is 5.16. The quantitative estimate of drug-likeness (QED) is 0.673. The molecular weight excluding hydrogens is 403 g/mol. The molecule has 2 heterocycles. The van der Waals surface area contributed by atoms with Gasteiger partial charge in [-0.05, 0) is 48.9 Å². The fourth-order valence-corrected chi connectivity index (χ4v) is 5.16. The molecule has 2 aliphatic rings. The number of benzene rings is 2. The van der Waals surface area contributed by atoms with Crippen molar-refractivity contribution in [3.8, 4) is 0 Å². The number of hydrogen-bond donors (Lipinski definition) is 1. The summed E-state index contributed by atoms with van der Waals surface area (Å²) in [5.41, 5.74) is 0.952. The van der Waals surface area contributed by atoms with E-state index in [0.29, 0.717) is 30.2 Å². The number of piperazine rings is 1.